The molecule has 230 valence electrons. The third kappa shape index (κ3) is 5.68. The van der Waals surface area contributed by atoms with Crippen molar-refractivity contribution in [3.8, 4) is 6.01 Å². The lowest BCUT2D eigenvalue weighted by atomic mass is 9.99. The molecule has 1 aromatic carbocycles. The number of H-pyrrole nitrogens is 1. The summed E-state index contributed by atoms with van der Waals surface area (Å²) in [4.78, 5) is 34.5. The van der Waals surface area contributed by atoms with Crippen LogP contribution in [0.4, 0.5) is 15.9 Å². The minimum Gasteiger partial charge on any atom is -0.462 e. The summed E-state index contributed by atoms with van der Waals surface area (Å²) in [5.41, 5.74) is 12.9. The SMILES string of the molecule is C=C(F)C(=O)N1CCN(c2nc(OC[C@@H]3CCCN3C)nc3c2CCN(c2c(C)c(C)cc4[nH]ccc24)C3)C[C@@H]1CCN. The highest BCUT2D eigenvalue weighted by Gasteiger charge is 2.35. The van der Waals surface area contributed by atoms with E-state index in [-0.39, 0.29) is 6.04 Å². The van der Waals surface area contributed by atoms with E-state index in [0.29, 0.717) is 57.8 Å². The number of fused-ring (bicyclic) bond motifs is 2. The van der Waals surface area contributed by atoms with Gasteiger partial charge < -0.3 is 35.1 Å². The number of carbonyl (C=O) groups excluding carboxylic acids is 1. The lowest BCUT2D eigenvalue weighted by molar-refractivity contribution is -0.131. The Morgan fingerprint density at radius 1 is 1.19 bits per heavy atom. The highest BCUT2D eigenvalue weighted by molar-refractivity contribution is 5.95. The second-order valence-electron chi connectivity index (χ2n) is 12.2. The molecule has 43 heavy (non-hydrogen) atoms. The maximum atomic E-state index is 13.9. The van der Waals surface area contributed by atoms with Crippen LogP contribution in [0.5, 0.6) is 6.01 Å². The molecule has 3 aromatic rings. The van der Waals surface area contributed by atoms with Crippen molar-refractivity contribution >= 4 is 28.3 Å². The number of ether oxygens (including phenoxy) is 1. The van der Waals surface area contributed by atoms with Crippen LogP contribution in [0.2, 0.25) is 0 Å². The molecule has 0 radical (unpaired) electrons. The summed E-state index contributed by atoms with van der Waals surface area (Å²) >= 11 is 0. The fourth-order valence-electron chi connectivity index (χ4n) is 7.01. The average Bonchev–Trinajstić information content (AvgIpc) is 3.63. The van der Waals surface area contributed by atoms with Gasteiger partial charge in [0.15, 0.2) is 5.83 Å². The Morgan fingerprint density at radius 3 is 2.77 bits per heavy atom. The van der Waals surface area contributed by atoms with Crippen molar-refractivity contribution in [2.24, 2.45) is 5.73 Å². The van der Waals surface area contributed by atoms with Gasteiger partial charge in [0.05, 0.1) is 18.3 Å². The maximum absolute atomic E-state index is 13.9. The summed E-state index contributed by atoms with van der Waals surface area (Å²) in [5.74, 6) is -0.751. The van der Waals surface area contributed by atoms with Crippen molar-refractivity contribution in [3.63, 3.8) is 0 Å². The van der Waals surface area contributed by atoms with Crippen LogP contribution in [0.15, 0.2) is 30.7 Å². The Labute approximate surface area is 252 Å². The number of aryl methyl sites for hydroxylation is 1. The van der Waals surface area contributed by atoms with E-state index in [1.807, 2.05) is 6.20 Å². The number of hydrogen-bond acceptors (Lipinski definition) is 8. The highest BCUT2D eigenvalue weighted by Crippen LogP contribution is 2.37. The molecule has 5 heterocycles. The van der Waals surface area contributed by atoms with E-state index < -0.39 is 11.7 Å². The standard InChI is InChI=1S/C32H43FN8O2/c1-20-16-27-25(8-11-35-27)29(21(20)2)39-13-9-26-28(18-39)36-32(43-19-24-6-5-12-38(24)4)37-30(26)40-14-15-41(31(42)22(3)33)23(17-40)7-10-34/h8,11,16,23-24,35H,3,5-7,9-10,12-15,17-19,34H2,1-2,4H3/t23-,24-/m0/s1. The van der Waals surface area contributed by atoms with E-state index in [2.05, 4.69) is 59.3 Å². The van der Waals surface area contributed by atoms with Crippen molar-refractivity contribution < 1.29 is 13.9 Å². The highest BCUT2D eigenvalue weighted by atomic mass is 19.1. The van der Waals surface area contributed by atoms with Crippen molar-refractivity contribution in [1.29, 1.82) is 0 Å². The van der Waals surface area contributed by atoms with Gasteiger partial charge in [-0.05, 0) is 82.9 Å². The first-order valence-corrected chi connectivity index (χ1v) is 15.4. The number of nitrogens with two attached hydrogens (primary N) is 1. The second kappa shape index (κ2) is 12.1. The zero-order valence-corrected chi connectivity index (χ0v) is 25.5. The monoisotopic (exact) mass is 590 g/mol. The van der Waals surface area contributed by atoms with Crippen molar-refractivity contribution in [1.82, 2.24) is 24.8 Å². The van der Waals surface area contributed by atoms with Gasteiger partial charge >= 0.3 is 6.01 Å². The van der Waals surface area contributed by atoms with Crippen molar-refractivity contribution in [3.05, 3.63) is 53.1 Å². The van der Waals surface area contributed by atoms with Gasteiger partial charge in [0, 0.05) is 60.6 Å². The van der Waals surface area contributed by atoms with Crippen LogP contribution in [-0.4, -0.2) is 95.7 Å². The second-order valence-corrected chi connectivity index (χ2v) is 12.2. The Morgan fingerprint density at radius 2 is 2.02 bits per heavy atom. The molecule has 3 aliphatic rings. The van der Waals surface area contributed by atoms with Gasteiger partial charge in [-0.3, -0.25) is 4.79 Å². The Balaban J connectivity index is 1.34. The minimum atomic E-state index is -0.939. The smallest absolute Gasteiger partial charge is 0.318 e. The summed E-state index contributed by atoms with van der Waals surface area (Å²) in [7, 11) is 2.13. The Bertz CT molecular complexity index is 1520. The molecule has 10 nitrogen and oxygen atoms in total. The number of anilines is 2. The van der Waals surface area contributed by atoms with E-state index in [0.717, 1.165) is 54.9 Å². The molecule has 11 heteroatoms. The molecular weight excluding hydrogens is 547 g/mol. The topological polar surface area (TPSA) is 107 Å². The Hall–Kier alpha value is -3.70. The van der Waals surface area contributed by atoms with Crippen LogP contribution in [0, 0.1) is 13.8 Å². The molecule has 2 atom stereocenters. The van der Waals surface area contributed by atoms with E-state index in [1.165, 1.54) is 22.2 Å². The normalized spacial score (nSPS) is 21.0. The number of rotatable bonds is 8. The number of halogens is 1. The quantitative estimate of drug-likeness (QED) is 0.385. The fourth-order valence-corrected chi connectivity index (χ4v) is 7.01. The molecule has 3 N–H and O–H groups in total. The predicted octanol–water partition coefficient (Wildman–Crippen LogP) is 3.46. The summed E-state index contributed by atoms with van der Waals surface area (Å²) < 4.78 is 20.2. The van der Waals surface area contributed by atoms with E-state index in [1.54, 1.807) is 4.90 Å². The number of likely N-dealkylation sites (N-methyl/N-ethyl adjacent to an activating group) is 1. The molecule has 2 fully saturated rings. The minimum absolute atomic E-state index is 0.238. The zero-order valence-electron chi connectivity index (χ0n) is 25.5. The van der Waals surface area contributed by atoms with Gasteiger partial charge in [0.25, 0.3) is 5.91 Å². The molecule has 2 aromatic heterocycles. The lowest BCUT2D eigenvalue weighted by Gasteiger charge is -2.43. The number of piperazine rings is 1. The van der Waals surface area contributed by atoms with Gasteiger partial charge in [0.2, 0.25) is 0 Å². The first-order chi connectivity index (χ1) is 20.7. The fraction of sp³-hybridized carbons (Fsp3) is 0.531. The number of aromatic nitrogens is 3. The van der Waals surface area contributed by atoms with Gasteiger partial charge in [0.1, 0.15) is 12.4 Å². The van der Waals surface area contributed by atoms with Crippen LogP contribution in [0.1, 0.15) is 41.6 Å². The molecule has 3 aliphatic heterocycles. The Kier molecular flexibility index (Phi) is 8.28. The van der Waals surface area contributed by atoms with Crippen LogP contribution in [-0.2, 0) is 17.8 Å². The van der Waals surface area contributed by atoms with Crippen LogP contribution >= 0.6 is 0 Å². The number of aromatic amines is 1. The van der Waals surface area contributed by atoms with Crippen LogP contribution < -0.4 is 20.3 Å². The number of benzene rings is 1. The molecule has 6 rings (SSSR count). The number of nitrogens with zero attached hydrogens (tertiary/aromatic N) is 6. The molecule has 1 amide bonds. The van der Waals surface area contributed by atoms with Gasteiger partial charge in [-0.2, -0.15) is 9.97 Å². The largest absolute Gasteiger partial charge is 0.462 e. The van der Waals surface area contributed by atoms with E-state index in [9.17, 15) is 9.18 Å². The van der Waals surface area contributed by atoms with Gasteiger partial charge in [-0.1, -0.05) is 6.58 Å². The first kappa shape index (κ1) is 29.4. The van der Waals surface area contributed by atoms with Crippen molar-refractivity contribution in [2.75, 3.05) is 62.7 Å². The molecule has 0 aliphatic carbocycles. The van der Waals surface area contributed by atoms with E-state index >= 15 is 0 Å². The maximum Gasteiger partial charge on any atom is 0.318 e. The number of likely N-dealkylation sites (tertiary alicyclic amines) is 1. The predicted molar refractivity (Wildman–Crippen MR) is 167 cm³/mol. The number of hydrogen-bond donors (Lipinski definition) is 2. The van der Waals surface area contributed by atoms with Crippen LogP contribution in [0.25, 0.3) is 10.9 Å². The average molecular weight is 591 g/mol. The third-order valence-electron chi connectivity index (χ3n) is 9.53. The first-order valence-electron chi connectivity index (χ1n) is 15.4. The third-order valence-corrected chi connectivity index (χ3v) is 9.53. The summed E-state index contributed by atoms with van der Waals surface area (Å²) in [6.45, 7) is 12.5. The summed E-state index contributed by atoms with van der Waals surface area (Å²) in [5, 5.41) is 1.21. The lowest BCUT2D eigenvalue weighted by Crippen LogP contribution is -2.56. The van der Waals surface area contributed by atoms with Crippen molar-refractivity contribution in [2.45, 2.75) is 58.2 Å². The molecule has 0 unspecified atom stereocenters. The van der Waals surface area contributed by atoms with Gasteiger partial charge in [-0.15, -0.1) is 0 Å². The number of amides is 1. The molecule has 0 spiro atoms. The summed E-state index contributed by atoms with van der Waals surface area (Å²) in [6, 6.07) is 4.84. The van der Waals surface area contributed by atoms with E-state index in [4.69, 9.17) is 20.4 Å². The zero-order chi connectivity index (χ0) is 30.2. The number of nitrogens with one attached hydrogen (secondary N) is 1. The van der Waals surface area contributed by atoms with Gasteiger partial charge in [-0.25, -0.2) is 4.39 Å². The molecule has 2 saturated heterocycles. The molecular formula is C32H43FN8O2. The summed E-state index contributed by atoms with van der Waals surface area (Å²) in [6.07, 6.45) is 5.59. The van der Waals surface area contributed by atoms with Crippen LogP contribution in [0.3, 0.4) is 0 Å². The number of carbonyl (C=O) groups is 1. The molecule has 0 saturated carbocycles. The molecule has 0 bridgehead atoms.